The van der Waals surface area contributed by atoms with Crippen molar-refractivity contribution in [1.82, 2.24) is 9.97 Å². The molecule has 1 aromatic heterocycles. The zero-order valence-corrected chi connectivity index (χ0v) is 12.5. The first kappa shape index (κ1) is 15.1. The van der Waals surface area contributed by atoms with Crippen LogP contribution in [0, 0.1) is 0 Å². The Morgan fingerprint density at radius 3 is 2.86 bits per heavy atom. The van der Waals surface area contributed by atoms with Crippen molar-refractivity contribution in [2.45, 2.75) is 26.8 Å². The summed E-state index contributed by atoms with van der Waals surface area (Å²) in [5.41, 5.74) is 1.12. The van der Waals surface area contributed by atoms with E-state index in [1.54, 1.807) is 12.3 Å². The summed E-state index contributed by atoms with van der Waals surface area (Å²) in [6.45, 7) is 5.99. The Morgan fingerprint density at radius 1 is 1.14 bits per heavy atom. The van der Waals surface area contributed by atoms with E-state index in [9.17, 15) is 0 Å². The van der Waals surface area contributed by atoms with Gasteiger partial charge in [-0.1, -0.05) is 19.1 Å². The fourth-order valence-corrected chi connectivity index (χ4v) is 1.81. The predicted octanol–water partition coefficient (Wildman–Crippen LogP) is 3.28. The number of nitrogens with zero attached hydrogens (tertiary/aromatic N) is 2. The van der Waals surface area contributed by atoms with E-state index in [2.05, 4.69) is 22.2 Å². The molecule has 0 amide bonds. The molecule has 0 aliphatic heterocycles. The van der Waals surface area contributed by atoms with Gasteiger partial charge >= 0.3 is 0 Å². The molecule has 5 nitrogen and oxygen atoms in total. The van der Waals surface area contributed by atoms with Crippen LogP contribution in [-0.4, -0.2) is 23.2 Å². The van der Waals surface area contributed by atoms with E-state index in [4.69, 9.17) is 9.47 Å². The smallest absolute Gasteiger partial charge is 0.226 e. The Morgan fingerprint density at radius 2 is 2.05 bits per heavy atom. The van der Waals surface area contributed by atoms with Gasteiger partial charge in [-0.15, -0.1) is 0 Å². The van der Waals surface area contributed by atoms with Gasteiger partial charge in [0.25, 0.3) is 0 Å². The monoisotopic (exact) mass is 287 g/mol. The lowest BCUT2D eigenvalue weighted by atomic mass is 10.2. The molecule has 0 fully saturated rings. The van der Waals surface area contributed by atoms with E-state index in [0.29, 0.717) is 31.6 Å². The number of benzene rings is 1. The highest BCUT2D eigenvalue weighted by Crippen LogP contribution is 2.15. The third-order valence-electron chi connectivity index (χ3n) is 2.74. The molecule has 0 atom stereocenters. The number of anilines is 1. The number of aromatic nitrogens is 2. The van der Waals surface area contributed by atoms with Crippen molar-refractivity contribution in [3.05, 3.63) is 42.1 Å². The topological polar surface area (TPSA) is 56.3 Å². The number of ether oxygens (including phenoxy) is 2. The number of hydrogen-bond acceptors (Lipinski definition) is 5. The van der Waals surface area contributed by atoms with E-state index < -0.39 is 0 Å². The van der Waals surface area contributed by atoms with E-state index in [1.807, 2.05) is 31.2 Å². The number of nitrogens with one attached hydrogen (secondary N) is 1. The Bertz CT molecular complexity index is 561. The summed E-state index contributed by atoms with van der Waals surface area (Å²) in [5.74, 6) is 2.03. The van der Waals surface area contributed by atoms with Crippen LogP contribution in [-0.2, 0) is 6.54 Å². The summed E-state index contributed by atoms with van der Waals surface area (Å²) >= 11 is 0. The molecular weight excluding hydrogens is 266 g/mol. The molecule has 5 heteroatoms. The lowest BCUT2D eigenvalue weighted by Gasteiger charge is -2.09. The first-order valence-electron chi connectivity index (χ1n) is 7.23. The molecule has 0 unspecified atom stereocenters. The largest absolute Gasteiger partial charge is 0.494 e. The highest BCUT2D eigenvalue weighted by Gasteiger charge is 2.01. The molecule has 2 rings (SSSR count). The Balaban J connectivity index is 1.94. The van der Waals surface area contributed by atoms with Crippen molar-refractivity contribution in [1.29, 1.82) is 0 Å². The first-order valence-corrected chi connectivity index (χ1v) is 7.23. The van der Waals surface area contributed by atoms with Crippen LogP contribution in [0.2, 0.25) is 0 Å². The fraction of sp³-hybridized carbons (Fsp3) is 0.375. The van der Waals surface area contributed by atoms with Crippen molar-refractivity contribution in [3.8, 4) is 11.6 Å². The summed E-state index contributed by atoms with van der Waals surface area (Å²) < 4.78 is 11.0. The summed E-state index contributed by atoms with van der Waals surface area (Å²) in [7, 11) is 0. The first-order chi connectivity index (χ1) is 10.3. The van der Waals surface area contributed by atoms with Crippen LogP contribution >= 0.6 is 0 Å². The normalized spacial score (nSPS) is 10.2. The zero-order valence-electron chi connectivity index (χ0n) is 12.5. The van der Waals surface area contributed by atoms with Crippen LogP contribution in [0.1, 0.15) is 25.8 Å². The van der Waals surface area contributed by atoms with Gasteiger partial charge in [0, 0.05) is 18.8 Å². The Hall–Kier alpha value is -2.30. The average Bonchev–Trinajstić information content (AvgIpc) is 2.52. The van der Waals surface area contributed by atoms with E-state index in [0.717, 1.165) is 17.7 Å². The number of hydrogen-bond donors (Lipinski definition) is 1. The van der Waals surface area contributed by atoms with Crippen molar-refractivity contribution in [2.24, 2.45) is 0 Å². The average molecular weight is 287 g/mol. The number of rotatable bonds is 8. The summed E-state index contributed by atoms with van der Waals surface area (Å²) in [6, 6.07) is 9.73. The highest BCUT2D eigenvalue weighted by molar-refractivity contribution is 5.33. The predicted molar refractivity (Wildman–Crippen MR) is 82.8 cm³/mol. The van der Waals surface area contributed by atoms with E-state index >= 15 is 0 Å². The second-order valence-electron chi connectivity index (χ2n) is 4.50. The SMILES string of the molecule is CCCOc1ccnc(NCc2cccc(OCC)c2)n1. The van der Waals surface area contributed by atoms with Gasteiger partial charge in [0.1, 0.15) is 5.75 Å². The molecule has 0 spiro atoms. The van der Waals surface area contributed by atoms with Crippen LogP contribution in [0.25, 0.3) is 0 Å². The van der Waals surface area contributed by atoms with Gasteiger partial charge < -0.3 is 14.8 Å². The third-order valence-corrected chi connectivity index (χ3v) is 2.74. The molecule has 1 N–H and O–H groups in total. The van der Waals surface area contributed by atoms with E-state index in [-0.39, 0.29) is 0 Å². The van der Waals surface area contributed by atoms with Gasteiger partial charge in [-0.05, 0) is 31.0 Å². The van der Waals surface area contributed by atoms with Crippen molar-refractivity contribution in [3.63, 3.8) is 0 Å². The molecule has 1 heterocycles. The van der Waals surface area contributed by atoms with Crippen LogP contribution in [0.4, 0.5) is 5.95 Å². The van der Waals surface area contributed by atoms with Gasteiger partial charge in [0.2, 0.25) is 11.8 Å². The minimum Gasteiger partial charge on any atom is -0.494 e. The maximum atomic E-state index is 5.49. The van der Waals surface area contributed by atoms with Crippen molar-refractivity contribution >= 4 is 5.95 Å². The standard InChI is InChI=1S/C16H21N3O2/c1-3-10-21-15-8-9-17-16(19-15)18-12-13-6-5-7-14(11-13)20-4-2/h5-9,11H,3-4,10,12H2,1-2H3,(H,17,18,19). The third kappa shape index (κ3) is 4.95. The molecule has 21 heavy (non-hydrogen) atoms. The van der Waals surface area contributed by atoms with Crippen LogP contribution < -0.4 is 14.8 Å². The lowest BCUT2D eigenvalue weighted by Crippen LogP contribution is -2.05. The molecule has 0 radical (unpaired) electrons. The quantitative estimate of drug-likeness (QED) is 0.807. The minimum atomic E-state index is 0.561. The zero-order chi connectivity index (χ0) is 14.9. The van der Waals surface area contributed by atoms with Gasteiger partial charge in [0.05, 0.1) is 13.2 Å². The summed E-state index contributed by atoms with van der Waals surface area (Å²) in [6.07, 6.45) is 2.65. The molecule has 0 bridgehead atoms. The maximum Gasteiger partial charge on any atom is 0.226 e. The second-order valence-corrected chi connectivity index (χ2v) is 4.50. The molecule has 0 aliphatic carbocycles. The molecule has 2 aromatic rings. The van der Waals surface area contributed by atoms with Crippen molar-refractivity contribution in [2.75, 3.05) is 18.5 Å². The molecule has 0 aliphatic rings. The molecule has 0 saturated heterocycles. The second kappa shape index (κ2) is 8.09. The van der Waals surface area contributed by atoms with Crippen LogP contribution in [0.15, 0.2) is 36.5 Å². The van der Waals surface area contributed by atoms with Crippen LogP contribution in [0.5, 0.6) is 11.6 Å². The highest BCUT2D eigenvalue weighted by atomic mass is 16.5. The summed E-state index contributed by atoms with van der Waals surface area (Å²) in [4.78, 5) is 8.50. The summed E-state index contributed by atoms with van der Waals surface area (Å²) in [5, 5.41) is 3.19. The van der Waals surface area contributed by atoms with Gasteiger partial charge in [-0.3, -0.25) is 0 Å². The molecule has 112 valence electrons. The fourth-order valence-electron chi connectivity index (χ4n) is 1.81. The van der Waals surface area contributed by atoms with E-state index in [1.165, 1.54) is 0 Å². The maximum absolute atomic E-state index is 5.49. The van der Waals surface area contributed by atoms with Gasteiger partial charge in [-0.25, -0.2) is 4.98 Å². The molecule has 0 saturated carbocycles. The molecular formula is C16H21N3O2. The van der Waals surface area contributed by atoms with Gasteiger partial charge in [0.15, 0.2) is 0 Å². The minimum absolute atomic E-state index is 0.561. The van der Waals surface area contributed by atoms with Gasteiger partial charge in [-0.2, -0.15) is 4.98 Å². The van der Waals surface area contributed by atoms with Crippen molar-refractivity contribution < 1.29 is 9.47 Å². The Kier molecular flexibility index (Phi) is 5.82. The van der Waals surface area contributed by atoms with Crippen LogP contribution in [0.3, 0.4) is 0 Å². The lowest BCUT2D eigenvalue weighted by molar-refractivity contribution is 0.305. The Labute approximate surface area is 125 Å². The molecule has 1 aromatic carbocycles.